The lowest BCUT2D eigenvalue weighted by atomic mass is 9.98. The fourth-order valence-corrected chi connectivity index (χ4v) is 4.11. The van der Waals surface area contributed by atoms with Gasteiger partial charge in [-0.3, -0.25) is 10.3 Å². The average molecular weight is 435 g/mol. The molecule has 3 aromatic heterocycles. The van der Waals surface area contributed by atoms with Crippen molar-refractivity contribution in [1.29, 1.82) is 5.41 Å². The van der Waals surface area contributed by atoms with Crippen molar-refractivity contribution in [3.8, 4) is 5.88 Å². The summed E-state index contributed by atoms with van der Waals surface area (Å²) < 4.78 is 13.4. The molecule has 166 valence electrons. The number of ether oxygens (including phenoxy) is 2. The molecule has 0 atom stereocenters. The molecule has 4 heterocycles. The number of aromatic amines is 1. The summed E-state index contributed by atoms with van der Waals surface area (Å²) >= 11 is 0. The minimum atomic E-state index is -0.124. The molecule has 0 amide bonds. The molecule has 1 saturated heterocycles. The Labute approximate surface area is 185 Å². The number of aromatic nitrogens is 3. The summed E-state index contributed by atoms with van der Waals surface area (Å²) in [4.78, 5) is 10.4. The van der Waals surface area contributed by atoms with Crippen LogP contribution in [0.5, 0.6) is 5.88 Å². The first-order chi connectivity index (χ1) is 15.7. The molecule has 1 fully saturated rings. The molecular formula is C23H26N6O3. The number of aliphatic hydroxyl groups is 1. The number of pyridine rings is 1. The van der Waals surface area contributed by atoms with E-state index in [1.807, 2.05) is 36.7 Å². The lowest BCUT2D eigenvalue weighted by Crippen LogP contribution is -2.25. The zero-order chi connectivity index (χ0) is 21.9. The third-order valence-electron chi connectivity index (χ3n) is 5.70. The summed E-state index contributed by atoms with van der Waals surface area (Å²) in [6.45, 7) is 3.69. The number of rotatable bonds is 8. The van der Waals surface area contributed by atoms with Gasteiger partial charge in [-0.15, -0.1) is 5.10 Å². The van der Waals surface area contributed by atoms with Crippen LogP contribution < -0.4 is 4.74 Å². The van der Waals surface area contributed by atoms with Crippen LogP contribution in [0.3, 0.4) is 0 Å². The van der Waals surface area contributed by atoms with Crippen LogP contribution in [0.1, 0.15) is 24.1 Å². The van der Waals surface area contributed by atoms with Crippen LogP contribution >= 0.6 is 0 Å². The van der Waals surface area contributed by atoms with Gasteiger partial charge in [0, 0.05) is 30.6 Å². The van der Waals surface area contributed by atoms with Crippen LogP contribution in [0, 0.1) is 5.41 Å². The molecule has 9 nitrogen and oxygen atoms in total. The molecule has 1 aliphatic carbocycles. The van der Waals surface area contributed by atoms with Gasteiger partial charge in [-0.25, -0.2) is 9.51 Å². The van der Waals surface area contributed by atoms with Gasteiger partial charge in [-0.1, -0.05) is 6.07 Å². The van der Waals surface area contributed by atoms with Gasteiger partial charge < -0.3 is 19.6 Å². The monoisotopic (exact) mass is 434 g/mol. The summed E-state index contributed by atoms with van der Waals surface area (Å²) in [6, 6.07) is 7.52. The Hall–Kier alpha value is -3.43. The Bertz CT molecular complexity index is 1190. The molecule has 1 aliphatic heterocycles. The molecule has 0 aromatic carbocycles. The van der Waals surface area contributed by atoms with Crippen LogP contribution in [-0.4, -0.2) is 75.5 Å². The molecule has 0 spiro atoms. The lowest BCUT2D eigenvalue weighted by molar-refractivity contribution is 0.197. The SMILES string of the molecule is N=C1/C(=N\c2c(OCCO)nn3ccccc23)C=C(OCCN2CCCC2)c2[nH]ccc21. The number of fused-ring (bicyclic) bond motifs is 2. The quantitative estimate of drug-likeness (QED) is 0.505. The molecule has 3 aromatic rings. The molecule has 0 saturated carbocycles. The first-order valence-corrected chi connectivity index (χ1v) is 10.9. The largest absolute Gasteiger partial charge is 0.490 e. The Morgan fingerprint density at radius 3 is 2.88 bits per heavy atom. The molecule has 0 bridgehead atoms. The molecule has 3 N–H and O–H groups in total. The smallest absolute Gasteiger partial charge is 0.260 e. The number of H-pyrrole nitrogens is 1. The minimum Gasteiger partial charge on any atom is -0.490 e. The van der Waals surface area contributed by atoms with E-state index in [0.717, 1.165) is 36.4 Å². The average Bonchev–Trinajstić information content (AvgIpc) is 3.56. The molecular weight excluding hydrogens is 408 g/mol. The third kappa shape index (κ3) is 3.92. The summed E-state index contributed by atoms with van der Waals surface area (Å²) in [5.74, 6) is 0.989. The highest BCUT2D eigenvalue weighted by molar-refractivity contribution is 6.54. The van der Waals surface area contributed by atoms with Gasteiger partial charge in [0.1, 0.15) is 19.0 Å². The highest BCUT2D eigenvalue weighted by Crippen LogP contribution is 2.34. The van der Waals surface area contributed by atoms with Crippen molar-refractivity contribution in [3.63, 3.8) is 0 Å². The predicted octanol–water partition coefficient (Wildman–Crippen LogP) is 2.64. The maximum atomic E-state index is 9.18. The standard InChI is InChI=1S/C23H26N6O3/c24-20-16-6-7-25-21(16)19(31-13-11-28-8-3-4-9-28)15-17(20)26-22-18-5-1-2-10-29(18)27-23(22)32-14-12-30/h1-2,5-7,10,15,24-25,30H,3-4,8-9,11-14H2/b24-20?,26-17-. The molecule has 9 heteroatoms. The third-order valence-corrected chi connectivity index (χ3v) is 5.70. The van der Waals surface area contributed by atoms with E-state index in [1.54, 1.807) is 10.6 Å². The number of hydrogen-bond acceptors (Lipinski definition) is 7. The van der Waals surface area contributed by atoms with E-state index in [2.05, 4.69) is 15.0 Å². The number of aliphatic imine (C=N–C) groups is 1. The van der Waals surface area contributed by atoms with Crippen molar-refractivity contribution < 1.29 is 14.6 Å². The van der Waals surface area contributed by atoms with E-state index < -0.39 is 0 Å². The van der Waals surface area contributed by atoms with Crippen molar-refractivity contribution in [1.82, 2.24) is 19.5 Å². The minimum absolute atomic E-state index is 0.113. The number of nitrogens with zero attached hydrogens (tertiary/aromatic N) is 4. The van der Waals surface area contributed by atoms with E-state index >= 15 is 0 Å². The maximum absolute atomic E-state index is 9.18. The summed E-state index contributed by atoms with van der Waals surface area (Å²) in [5, 5.41) is 22.3. The van der Waals surface area contributed by atoms with E-state index in [4.69, 9.17) is 19.9 Å². The normalized spacial score (nSPS) is 17.7. The first-order valence-electron chi connectivity index (χ1n) is 10.9. The topological polar surface area (TPSA) is 111 Å². The van der Waals surface area contributed by atoms with Crippen LogP contribution in [0.2, 0.25) is 0 Å². The molecule has 2 aliphatic rings. The number of nitrogens with one attached hydrogen (secondary N) is 2. The van der Waals surface area contributed by atoms with E-state index in [1.165, 1.54) is 12.8 Å². The van der Waals surface area contributed by atoms with E-state index in [9.17, 15) is 5.11 Å². The van der Waals surface area contributed by atoms with Gasteiger partial charge in [0.05, 0.1) is 29.2 Å². The second-order valence-corrected chi connectivity index (χ2v) is 7.80. The fraction of sp³-hybridized carbons (Fsp3) is 0.348. The van der Waals surface area contributed by atoms with Gasteiger partial charge >= 0.3 is 0 Å². The zero-order valence-corrected chi connectivity index (χ0v) is 17.8. The molecule has 0 radical (unpaired) electrons. The second-order valence-electron chi connectivity index (χ2n) is 7.80. The fourth-order valence-electron chi connectivity index (χ4n) is 4.11. The van der Waals surface area contributed by atoms with Crippen LogP contribution in [0.4, 0.5) is 5.69 Å². The Morgan fingerprint density at radius 2 is 2.03 bits per heavy atom. The molecule has 32 heavy (non-hydrogen) atoms. The van der Waals surface area contributed by atoms with E-state index in [0.29, 0.717) is 35.4 Å². The van der Waals surface area contributed by atoms with Crippen molar-refractivity contribution >= 4 is 28.4 Å². The maximum Gasteiger partial charge on any atom is 0.260 e. The van der Waals surface area contributed by atoms with Gasteiger partial charge in [0.25, 0.3) is 5.88 Å². The number of aliphatic hydroxyl groups excluding tert-OH is 1. The van der Waals surface area contributed by atoms with Crippen molar-refractivity contribution in [3.05, 3.63) is 54.0 Å². The van der Waals surface area contributed by atoms with Gasteiger partial charge in [0.15, 0.2) is 5.69 Å². The highest BCUT2D eigenvalue weighted by Gasteiger charge is 2.25. The zero-order valence-electron chi connectivity index (χ0n) is 17.8. The van der Waals surface area contributed by atoms with Gasteiger partial charge in [0.2, 0.25) is 0 Å². The summed E-state index contributed by atoms with van der Waals surface area (Å²) in [6.07, 6.45) is 7.91. The number of likely N-dealkylation sites (tertiary alicyclic amines) is 1. The van der Waals surface area contributed by atoms with Gasteiger partial charge in [-0.2, -0.15) is 0 Å². The van der Waals surface area contributed by atoms with E-state index in [-0.39, 0.29) is 13.2 Å². The molecule has 5 rings (SSSR count). The highest BCUT2D eigenvalue weighted by atomic mass is 16.5. The lowest BCUT2D eigenvalue weighted by Gasteiger charge is -2.19. The van der Waals surface area contributed by atoms with Crippen LogP contribution in [0.15, 0.2) is 47.7 Å². The summed E-state index contributed by atoms with van der Waals surface area (Å²) in [7, 11) is 0. The van der Waals surface area contributed by atoms with Crippen molar-refractivity contribution in [2.75, 3.05) is 39.5 Å². The molecule has 0 unspecified atom stereocenters. The number of allylic oxidation sites excluding steroid dienone is 1. The Balaban J connectivity index is 1.48. The number of hydrogen-bond donors (Lipinski definition) is 3. The summed E-state index contributed by atoms with van der Waals surface area (Å²) in [5.41, 5.74) is 3.59. The van der Waals surface area contributed by atoms with Crippen LogP contribution in [0.25, 0.3) is 11.3 Å². The Morgan fingerprint density at radius 1 is 1.16 bits per heavy atom. The first kappa shape index (κ1) is 20.5. The van der Waals surface area contributed by atoms with Gasteiger partial charge in [-0.05, 0) is 44.1 Å². The predicted molar refractivity (Wildman–Crippen MR) is 122 cm³/mol. The second kappa shape index (κ2) is 8.97. The van der Waals surface area contributed by atoms with Crippen molar-refractivity contribution in [2.24, 2.45) is 4.99 Å². The van der Waals surface area contributed by atoms with Crippen LogP contribution in [-0.2, 0) is 4.74 Å². The Kier molecular flexibility index (Phi) is 5.74. The van der Waals surface area contributed by atoms with Crippen molar-refractivity contribution in [2.45, 2.75) is 12.8 Å².